The summed E-state index contributed by atoms with van der Waals surface area (Å²) in [5.74, 6) is -1.06. The summed E-state index contributed by atoms with van der Waals surface area (Å²) in [7, 11) is 1.18. The lowest BCUT2D eigenvalue weighted by Gasteiger charge is -2.19. The van der Waals surface area contributed by atoms with E-state index in [0.29, 0.717) is 11.3 Å². The second-order valence-corrected chi connectivity index (χ2v) is 5.32. The molecule has 0 saturated heterocycles. The first-order chi connectivity index (χ1) is 8.04. The van der Waals surface area contributed by atoms with Crippen LogP contribution in [0.5, 0.6) is 5.19 Å². The molecule has 18 heavy (non-hydrogen) atoms. The first kappa shape index (κ1) is 14.7. The molecule has 1 aromatic rings. The summed E-state index contributed by atoms with van der Waals surface area (Å²) in [6, 6.07) is 0. The smallest absolute Gasteiger partial charge is 0.435 e. The van der Waals surface area contributed by atoms with Crippen LogP contribution < -0.4 is 4.74 Å². The van der Waals surface area contributed by atoms with Crippen LogP contribution in [-0.4, -0.2) is 23.7 Å². The highest BCUT2D eigenvalue weighted by Crippen LogP contribution is 2.37. The van der Waals surface area contributed by atoms with Gasteiger partial charge in [0.05, 0.1) is 7.11 Å². The van der Waals surface area contributed by atoms with Gasteiger partial charge in [-0.15, -0.1) is 0 Å². The molecule has 0 aliphatic heterocycles. The van der Waals surface area contributed by atoms with Gasteiger partial charge in [-0.2, -0.15) is 18.2 Å². The van der Waals surface area contributed by atoms with E-state index in [-0.39, 0.29) is 5.19 Å². The number of aromatic nitrogens is 1. The van der Waals surface area contributed by atoms with Crippen molar-refractivity contribution in [1.29, 1.82) is 0 Å². The Morgan fingerprint density at radius 3 is 2.22 bits per heavy atom. The Morgan fingerprint density at radius 2 is 1.83 bits per heavy atom. The lowest BCUT2D eigenvalue weighted by atomic mass is 10.2. The van der Waals surface area contributed by atoms with Gasteiger partial charge in [0.15, 0.2) is 5.69 Å². The molecule has 0 fully saturated rings. The minimum absolute atomic E-state index is 0.233. The minimum atomic E-state index is -4.72. The van der Waals surface area contributed by atoms with Crippen molar-refractivity contribution in [1.82, 2.24) is 4.98 Å². The molecule has 4 nitrogen and oxygen atoms in total. The van der Waals surface area contributed by atoms with E-state index in [1.807, 2.05) is 0 Å². The van der Waals surface area contributed by atoms with Crippen LogP contribution in [0.2, 0.25) is 0 Å². The first-order valence-electron chi connectivity index (χ1n) is 4.90. The Bertz CT molecular complexity index is 448. The van der Waals surface area contributed by atoms with Gasteiger partial charge < -0.3 is 9.47 Å². The van der Waals surface area contributed by atoms with Gasteiger partial charge in [0.1, 0.15) is 10.5 Å². The molecule has 0 radical (unpaired) electrons. The van der Waals surface area contributed by atoms with Crippen molar-refractivity contribution in [3.63, 3.8) is 0 Å². The Balaban J connectivity index is 3.15. The lowest BCUT2D eigenvalue weighted by Crippen LogP contribution is -2.25. The summed E-state index contributed by atoms with van der Waals surface area (Å²) in [5, 5.41) is -0.233. The Morgan fingerprint density at radius 1 is 1.28 bits per heavy atom. The predicted molar refractivity (Wildman–Crippen MR) is 58.8 cm³/mol. The molecule has 0 saturated carbocycles. The van der Waals surface area contributed by atoms with Crippen molar-refractivity contribution >= 4 is 17.3 Å². The van der Waals surface area contributed by atoms with E-state index in [9.17, 15) is 18.0 Å². The van der Waals surface area contributed by atoms with Gasteiger partial charge in [0, 0.05) is 0 Å². The third-order valence-corrected chi connectivity index (χ3v) is 2.63. The summed E-state index contributed by atoms with van der Waals surface area (Å²) < 4.78 is 47.5. The molecule has 0 aliphatic carbocycles. The number of hydrogen-bond acceptors (Lipinski definition) is 5. The van der Waals surface area contributed by atoms with E-state index in [0.717, 1.165) is 0 Å². The molecule has 1 aromatic heterocycles. The van der Waals surface area contributed by atoms with Gasteiger partial charge in [-0.05, 0) is 20.8 Å². The summed E-state index contributed by atoms with van der Waals surface area (Å²) >= 11 is 0.507. The Labute approximate surface area is 106 Å². The zero-order chi connectivity index (χ0) is 14.1. The van der Waals surface area contributed by atoms with Crippen molar-refractivity contribution in [2.24, 2.45) is 0 Å². The fraction of sp³-hybridized carbons (Fsp3) is 0.600. The zero-order valence-electron chi connectivity index (χ0n) is 10.2. The van der Waals surface area contributed by atoms with Gasteiger partial charge >= 0.3 is 12.1 Å². The maximum Gasteiger partial charge on any atom is 0.435 e. The van der Waals surface area contributed by atoms with E-state index < -0.39 is 28.3 Å². The average molecular weight is 283 g/mol. The van der Waals surface area contributed by atoms with Crippen molar-refractivity contribution in [2.45, 2.75) is 32.5 Å². The molecule has 0 N–H and O–H groups in total. The maximum atomic E-state index is 12.7. The number of thiazole rings is 1. The number of rotatable bonds is 2. The molecule has 0 unspecified atom stereocenters. The van der Waals surface area contributed by atoms with E-state index in [1.165, 1.54) is 7.11 Å². The first-order valence-corrected chi connectivity index (χ1v) is 5.71. The van der Waals surface area contributed by atoms with Crippen LogP contribution in [0.3, 0.4) is 0 Å². The lowest BCUT2D eigenvalue weighted by molar-refractivity contribution is -0.141. The van der Waals surface area contributed by atoms with Crippen LogP contribution in [0.15, 0.2) is 0 Å². The Hall–Kier alpha value is -1.31. The largest absolute Gasteiger partial charge is 0.473 e. The quantitative estimate of drug-likeness (QED) is 0.782. The normalized spacial score (nSPS) is 12.4. The van der Waals surface area contributed by atoms with Gasteiger partial charge in [-0.1, -0.05) is 11.3 Å². The van der Waals surface area contributed by atoms with Gasteiger partial charge in [0.25, 0.3) is 5.19 Å². The number of ether oxygens (including phenoxy) is 2. The van der Waals surface area contributed by atoms with Crippen LogP contribution in [-0.2, 0) is 10.9 Å². The highest BCUT2D eigenvalue weighted by molar-refractivity contribution is 7.15. The number of halogens is 3. The summed E-state index contributed by atoms with van der Waals surface area (Å²) in [6.45, 7) is 4.70. The summed E-state index contributed by atoms with van der Waals surface area (Å²) in [6.07, 6.45) is -4.72. The number of hydrogen-bond donors (Lipinski definition) is 0. The number of alkyl halides is 3. The van der Waals surface area contributed by atoms with Crippen LogP contribution in [0.1, 0.15) is 36.1 Å². The maximum absolute atomic E-state index is 12.7. The predicted octanol–water partition coefficient (Wildman–Crippen LogP) is 3.13. The molecular weight excluding hydrogens is 271 g/mol. The second-order valence-electron chi connectivity index (χ2n) is 4.36. The van der Waals surface area contributed by atoms with Crippen LogP contribution in [0, 0.1) is 0 Å². The van der Waals surface area contributed by atoms with Gasteiger partial charge in [0.2, 0.25) is 0 Å². The second kappa shape index (κ2) is 4.75. The van der Waals surface area contributed by atoms with Crippen molar-refractivity contribution in [3.8, 4) is 5.19 Å². The molecule has 102 valence electrons. The van der Waals surface area contributed by atoms with Crippen molar-refractivity contribution in [3.05, 3.63) is 10.6 Å². The van der Waals surface area contributed by atoms with E-state index >= 15 is 0 Å². The molecule has 1 heterocycles. The highest BCUT2D eigenvalue weighted by atomic mass is 32.1. The molecule has 0 amide bonds. The minimum Gasteiger partial charge on any atom is -0.473 e. The standard InChI is InChI=1S/C10H12F3NO3S/c1-9(2,3)17-7(15)5-6(10(11,12)13)14-8(16-4)18-5/h1-4H3. The SMILES string of the molecule is COc1nc(C(F)(F)F)c(C(=O)OC(C)(C)C)s1. The summed E-state index contributed by atoms with van der Waals surface area (Å²) in [4.78, 5) is 14.3. The summed E-state index contributed by atoms with van der Waals surface area (Å²) in [5.41, 5.74) is -2.16. The number of carbonyl (C=O) groups is 1. The molecular formula is C10H12F3NO3S. The number of nitrogens with zero attached hydrogens (tertiary/aromatic N) is 1. The van der Waals surface area contributed by atoms with E-state index in [2.05, 4.69) is 9.72 Å². The topological polar surface area (TPSA) is 48.4 Å². The van der Waals surface area contributed by atoms with Gasteiger partial charge in [-0.25, -0.2) is 4.79 Å². The van der Waals surface area contributed by atoms with E-state index in [1.54, 1.807) is 20.8 Å². The molecule has 0 bridgehead atoms. The highest BCUT2D eigenvalue weighted by Gasteiger charge is 2.41. The molecule has 0 aromatic carbocycles. The Kier molecular flexibility index (Phi) is 3.89. The number of methoxy groups -OCH3 is 1. The fourth-order valence-electron chi connectivity index (χ4n) is 1.04. The molecule has 1 rings (SSSR count). The fourth-order valence-corrected chi connectivity index (χ4v) is 1.82. The molecule has 8 heteroatoms. The van der Waals surface area contributed by atoms with Crippen LogP contribution in [0.4, 0.5) is 13.2 Å². The number of esters is 1. The van der Waals surface area contributed by atoms with Crippen LogP contribution >= 0.6 is 11.3 Å². The van der Waals surface area contributed by atoms with Crippen molar-refractivity contribution in [2.75, 3.05) is 7.11 Å². The van der Waals surface area contributed by atoms with Crippen LogP contribution in [0.25, 0.3) is 0 Å². The zero-order valence-corrected chi connectivity index (χ0v) is 11.0. The molecule has 0 spiro atoms. The average Bonchev–Trinajstić information content (AvgIpc) is 2.57. The third-order valence-electron chi connectivity index (χ3n) is 1.63. The molecule has 0 aliphatic rings. The third kappa shape index (κ3) is 3.59. The molecule has 0 atom stereocenters. The van der Waals surface area contributed by atoms with Crippen molar-refractivity contribution < 1.29 is 27.4 Å². The monoisotopic (exact) mass is 283 g/mol. The van der Waals surface area contributed by atoms with Gasteiger partial charge in [-0.3, -0.25) is 0 Å². The number of carbonyl (C=O) groups excluding carboxylic acids is 1. The van der Waals surface area contributed by atoms with E-state index in [4.69, 9.17) is 4.74 Å².